The smallest absolute Gasteiger partial charge is 0.00160 e. The molecule has 0 amide bonds. The van der Waals surface area contributed by atoms with Crippen molar-refractivity contribution in [2.24, 2.45) is 29.6 Å². The first-order valence-electron chi connectivity index (χ1n) is 11.1. The molecule has 1 heterocycles. The van der Waals surface area contributed by atoms with Gasteiger partial charge in [-0.1, -0.05) is 73.6 Å². The van der Waals surface area contributed by atoms with E-state index in [4.69, 9.17) is 0 Å². The third-order valence-corrected chi connectivity index (χ3v) is 6.34. The van der Waals surface area contributed by atoms with Gasteiger partial charge in [-0.3, -0.25) is 0 Å². The molecule has 24 heavy (non-hydrogen) atoms. The minimum atomic E-state index is 0.897. The maximum absolute atomic E-state index is 2.64. The van der Waals surface area contributed by atoms with Gasteiger partial charge in [0.05, 0.1) is 0 Å². The molecular weight excluding hydrogens is 290 g/mol. The van der Waals surface area contributed by atoms with Crippen molar-refractivity contribution in [3.05, 3.63) is 0 Å². The lowest BCUT2D eigenvalue weighted by atomic mass is 9.79. The second kappa shape index (κ2) is 12.3. The summed E-state index contributed by atoms with van der Waals surface area (Å²) in [6, 6.07) is 0. The van der Waals surface area contributed by atoms with E-state index in [-0.39, 0.29) is 0 Å². The highest BCUT2D eigenvalue weighted by molar-refractivity contribution is 4.74. The molecule has 1 aliphatic heterocycles. The van der Waals surface area contributed by atoms with Gasteiger partial charge in [0.25, 0.3) is 0 Å². The van der Waals surface area contributed by atoms with E-state index in [0.717, 1.165) is 29.6 Å². The normalized spacial score (nSPS) is 26.5. The van der Waals surface area contributed by atoms with Crippen LogP contribution in [0.2, 0.25) is 0 Å². The van der Waals surface area contributed by atoms with Gasteiger partial charge in [0.1, 0.15) is 0 Å². The number of unbranched alkanes of at least 4 members (excludes halogenated alkanes) is 1. The summed E-state index contributed by atoms with van der Waals surface area (Å²) in [7, 11) is 0. The van der Waals surface area contributed by atoms with Crippen LogP contribution < -0.4 is 0 Å². The van der Waals surface area contributed by atoms with Crippen molar-refractivity contribution < 1.29 is 0 Å². The lowest BCUT2D eigenvalue weighted by Crippen LogP contribution is -2.35. The summed E-state index contributed by atoms with van der Waals surface area (Å²) in [6.45, 7) is 18.1. The van der Waals surface area contributed by atoms with Gasteiger partial charge in [-0.2, -0.15) is 0 Å². The second-order valence-corrected chi connectivity index (χ2v) is 9.53. The highest BCUT2D eigenvalue weighted by atomic mass is 15.1. The Morgan fingerprint density at radius 3 is 1.92 bits per heavy atom. The molecule has 0 N–H and O–H groups in total. The summed E-state index contributed by atoms with van der Waals surface area (Å²) in [4.78, 5) is 2.64. The predicted octanol–water partition coefficient (Wildman–Crippen LogP) is 7.01. The first kappa shape index (κ1) is 22.0. The van der Waals surface area contributed by atoms with Gasteiger partial charge in [0, 0.05) is 0 Å². The van der Waals surface area contributed by atoms with Crippen molar-refractivity contribution in [2.75, 3.05) is 19.6 Å². The van der Waals surface area contributed by atoms with Crippen LogP contribution in [0.15, 0.2) is 0 Å². The van der Waals surface area contributed by atoms with Gasteiger partial charge in [-0.15, -0.1) is 0 Å². The topological polar surface area (TPSA) is 3.24 Å². The van der Waals surface area contributed by atoms with Crippen molar-refractivity contribution >= 4 is 0 Å². The molecular formula is C23H47N. The van der Waals surface area contributed by atoms with Crippen molar-refractivity contribution in [1.82, 2.24) is 4.90 Å². The van der Waals surface area contributed by atoms with Crippen LogP contribution in [0, 0.1) is 29.6 Å². The monoisotopic (exact) mass is 337 g/mol. The van der Waals surface area contributed by atoms with Crippen LogP contribution in [0.25, 0.3) is 0 Å². The lowest BCUT2D eigenvalue weighted by Gasteiger charge is -2.33. The van der Waals surface area contributed by atoms with Crippen LogP contribution in [0.3, 0.4) is 0 Å². The Hall–Kier alpha value is -0.0400. The Morgan fingerprint density at radius 2 is 1.46 bits per heavy atom. The van der Waals surface area contributed by atoms with E-state index < -0.39 is 0 Å². The highest BCUT2D eigenvalue weighted by Gasteiger charge is 2.20. The van der Waals surface area contributed by atoms with Gasteiger partial charge >= 0.3 is 0 Å². The number of hydrogen-bond acceptors (Lipinski definition) is 1. The molecule has 0 unspecified atom stereocenters. The van der Waals surface area contributed by atoms with Gasteiger partial charge in [-0.05, 0) is 74.9 Å². The molecule has 0 radical (unpaired) electrons. The average molecular weight is 338 g/mol. The molecule has 0 bridgehead atoms. The second-order valence-electron chi connectivity index (χ2n) is 9.53. The van der Waals surface area contributed by atoms with Crippen LogP contribution >= 0.6 is 0 Å². The summed E-state index contributed by atoms with van der Waals surface area (Å²) in [5.74, 6) is 4.88. The van der Waals surface area contributed by atoms with Crippen LogP contribution in [0.1, 0.15) is 99.3 Å². The Morgan fingerprint density at radius 1 is 0.875 bits per heavy atom. The summed E-state index contributed by atoms with van der Waals surface area (Å²) < 4.78 is 0. The summed E-state index contributed by atoms with van der Waals surface area (Å²) in [6.07, 6.45) is 13.0. The Labute approximate surface area is 154 Å². The van der Waals surface area contributed by atoms with E-state index in [1.165, 1.54) is 77.4 Å². The maximum atomic E-state index is 2.64. The zero-order valence-corrected chi connectivity index (χ0v) is 17.8. The molecule has 1 saturated carbocycles. The minimum absolute atomic E-state index is 0.897. The van der Waals surface area contributed by atoms with E-state index in [1.54, 1.807) is 0 Å². The Bertz CT molecular complexity index is 280. The SMILES string of the molecule is CC(C)CC1CCC(C)CC1.CCCCN1CCC(C(C)C)CC1. The first-order valence-corrected chi connectivity index (χ1v) is 11.1. The number of piperidine rings is 1. The van der Waals surface area contributed by atoms with Crippen molar-refractivity contribution in [1.29, 1.82) is 0 Å². The van der Waals surface area contributed by atoms with Gasteiger partial charge in [-0.25, -0.2) is 0 Å². The molecule has 2 aliphatic rings. The first-order chi connectivity index (χ1) is 11.4. The number of nitrogens with zero attached hydrogens (tertiary/aromatic N) is 1. The minimum Gasteiger partial charge on any atom is -0.303 e. The summed E-state index contributed by atoms with van der Waals surface area (Å²) in [5, 5.41) is 0. The van der Waals surface area contributed by atoms with Crippen molar-refractivity contribution in [3.8, 4) is 0 Å². The standard InChI is InChI=1S/C12H25N.C11H22/c1-4-5-8-13-9-6-12(7-10-13)11(2)3;1-9(2)8-11-6-4-10(3)5-7-11/h11-12H,4-10H2,1-3H3;9-11H,4-8H2,1-3H3. The molecule has 2 rings (SSSR count). The molecule has 0 atom stereocenters. The van der Waals surface area contributed by atoms with Crippen LogP contribution in [0.5, 0.6) is 0 Å². The molecule has 0 spiro atoms. The summed E-state index contributed by atoms with van der Waals surface area (Å²) in [5.41, 5.74) is 0. The lowest BCUT2D eigenvalue weighted by molar-refractivity contribution is 0.156. The molecule has 0 aromatic rings. The van der Waals surface area contributed by atoms with E-state index >= 15 is 0 Å². The van der Waals surface area contributed by atoms with Gasteiger partial charge in [0.2, 0.25) is 0 Å². The molecule has 0 aromatic heterocycles. The van der Waals surface area contributed by atoms with Gasteiger partial charge < -0.3 is 4.90 Å². The van der Waals surface area contributed by atoms with Crippen molar-refractivity contribution in [2.45, 2.75) is 99.3 Å². The highest BCUT2D eigenvalue weighted by Crippen LogP contribution is 2.32. The van der Waals surface area contributed by atoms with Crippen LogP contribution in [-0.2, 0) is 0 Å². The zero-order valence-electron chi connectivity index (χ0n) is 17.8. The zero-order chi connectivity index (χ0) is 17.9. The fourth-order valence-corrected chi connectivity index (χ4v) is 4.46. The van der Waals surface area contributed by atoms with Crippen LogP contribution in [-0.4, -0.2) is 24.5 Å². The maximum Gasteiger partial charge on any atom is -0.00160 e. The molecule has 1 nitrogen and oxygen atoms in total. The number of hydrogen-bond donors (Lipinski definition) is 0. The molecule has 1 saturated heterocycles. The van der Waals surface area contributed by atoms with E-state index in [2.05, 4.69) is 46.4 Å². The van der Waals surface area contributed by atoms with Crippen LogP contribution in [0.4, 0.5) is 0 Å². The molecule has 0 aromatic carbocycles. The molecule has 144 valence electrons. The van der Waals surface area contributed by atoms with E-state index in [9.17, 15) is 0 Å². The number of rotatable bonds is 6. The van der Waals surface area contributed by atoms with Crippen molar-refractivity contribution in [3.63, 3.8) is 0 Å². The quantitative estimate of drug-likeness (QED) is 0.503. The Kier molecular flexibility index (Phi) is 11.3. The fraction of sp³-hybridized carbons (Fsp3) is 1.00. The predicted molar refractivity (Wildman–Crippen MR) is 109 cm³/mol. The van der Waals surface area contributed by atoms with E-state index in [0.29, 0.717) is 0 Å². The third-order valence-electron chi connectivity index (χ3n) is 6.34. The largest absolute Gasteiger partial charge is 0.303 e. The van der Waals surface area contributed by atoms with E-state index in [1.807, 2.05) is 0 Å². The Balaban J connectivity index is 0.000000243. The average Bonchev–Trinajstić information content (AvgIpc) is 2.55. The van der Waals surface area contributed by atoms with Gasteiger partial charge in [0.15, 0.2) is 0 Å². The molecule has 1 aliphatic carbocycles. The molecule has 2 fully saturated rings. The number of likely N-dealkylation sites (tertiary alicyclic amines) is 1. The third kappa shape index (κ3) is 9.44. The fourth-order valence-electron chi connectivity index (χ4n) is 4.46. The summed E-state index contributed by atoms with van der Waals surface area (Å²) >= 11 is 0. The molecule has 1 heteroatoms.